The molecule has 0 saturated heterocycles. The number of allylic oxidation sites excluding steroid dienone is 2. The highest BCUT2D eigenvalue weighted by Gasteiger charge is 2.02. The van der Waals surface area contributed by atoms with Crippen LogP contribution in [-0.2, 0) is 14.6 Å². The van der Waals surface area contributed by atoms with Crippen LogP contribution in [0, 0.1) is 0 Å². The maximum Gasteiger partial charge on any atom is 0.397 e. The summed E-state index contributed by atoms with van der Waals surface area (Å²) in [7, 11) is -4.17. The van der Waals surface area contributed by atoms with E-state index < -0.39 is 10.4 Å². The Balaban J connectivity index is 0.000000325. The summed E-state index contributed by atoms with van der Waals surface area (Å²) in [5, 5.41) is 8.78. The van der Waals surface area contributed by atoms with Crippen molar-refractivity contribution in [1.82, 2.24) is 4.90 Å². The van der Waals surface area contributed by atoms with Crippen LogP contribution in [0.5, 0.6) is 0 Å². The molecule has 1 aliphatic heterocycles. The molecule has 0 aromatic rings. The van der Waals surface area contributed by atoms with Gasteiger partial charge >= 0.3 is 10.4 Å². The first-order valence-corrected chi connectivity index (χ1v) is 6.62. The molecule has 7 heteroatoms. The van der Waals surface area contributed by atoms with E-state index in [2.05, 4.69) is 16.0 Å². The number of aliphatic hydroxyl groups excluding tert-OH is 1. The van der Waals surface area contributed by atoms with Crippen molar-refractivity contribution in [2.45, 2.75) is 13.8 Å². The first kappa shape index (κ1) is 16.1. The van der Waals surface area contributed by atoms with E-state index in [1.54, 1.807) is 0 Å². The fourth-order valence-corrected chi connectivity index (χ4v) is 1.43. The summed E-state index contributed by atoms with van der Waals surface area (Å²) in [5.41, 5.74) is 1.09. The number of nitrogens with zero attached hydrogens (tertiary/aromatic N) is 1. The van der Waals surface area contributed by atoms with Gasteiger partial charge in [-0.25, -0.2) is 4.18 Å². The molecule has 6 nitrogen and oxygen atoms in total. The van der Waals surface area contributed by atoms with Crippen molar-refractivity contribution in [1.29, 1.82) is 0 Å². The molecule has 0 aliphatic carbocycles. The smallest absolute Gasteiger partial charge is 0.392 e. The topological polar surface area (TPSA) is 87.1 Å². The summed E-state index contributed by atoms with van der Waals surface area (Å²) in [4.78, 5) is 2.16. The summed E-state index contributed by atoms with van der Waals surface area (Å²) in [6, 6.07) is 0. The molecule has 0 amide bonds. The summed E-state index contributed by atoms with van der Waals surface area (Å²) >= 11 is 0. The minimum atomic E-state index is -4.17. The van der Waals surface area contributed by atoms with Crippen LogP contribution in [0.15, 0.2) is 23.9 Å². The van der Waals surface area contributed by atoms with Crippen LogP contribution in [0.1, 0.15) is 13.8 Å². The third-order valence-corrected chi connectivity index (χ3v) is 2.44. The lowest BCUT2D eigenvalue weighted by Gasteiger charge is -2.21. The Morgan fingerprint density at radius 3 is 2.47 bits per heavy atom. The van der Waals surface area contributed by atoms with E-state index in [1.807, 2.05) is 18.4 Å². The molecule has 0 spiro atoms. The van der Waals surface area contributed by atoms with E-state index in [4.69, 9.17) is 9.66 Å². The number of hydrogen-bond acceptors (Lipinski definition) is 5. The van der Waals surface area contributed by atoms with Gasteiger partial charge in [-0.3, -0.25) is 4.55 Å². The maximum absolute atomic E-state index is 9.56. The van der Waals surface area contributed by atoms with Crippen molar-refractivity contribution < 1.29 is 22.3 Å². The summed E-state index contributed by atoms with van der Waals surface area (Å²) in [6.07, 6.45) is 5.98. The molecule has 1 rings (SSSR count). The van der Waals surface area contributed by atoms with Crippen molar-refractivity contribution in [2.75, 3.05) is 26.3 Å². The number of likely N-dealkylation sites (N-methyl/N-ethyl adjacent to an activating group) is 1. The minimum absolute atomic E-state index is 0.0289. The fourth-order valence-electron chi connectivity index (χ4n) is 1.14. The monoisotopic (exact) mass is 265 g/mol. The van der Waals surface area contributed by atoms with Crippen molar-refractivity contribution in [3.05, 3.63) is 23.9 Å². The number of rotatable bonds is 4. The van der Waals surface area contributed by atoms with Gasteiger partial charge in [0.1, 0.15) is 0 Å². The van der Waals surface area contributed by atoms with Gasteiger partial charge in [0.25, 0.3) is 0 Å². The Kier molecular flexibility index (Phi) is 7.81. The van der Waals surface area contributed by atoms with Crippen molar-refractivity contribution in [3.8, 4) is 0 Å². The lowest BCUT2D eigenvalue weighted by molar-refractivity contribution is 0.283. The molecule has 100 valence electrons. The first-order chi connectivity index (χ1) is 7.92. The zero-order valence-corrected chi connectivity index (χ0v) is 10.9. The van der Waals surface area contributed by atoms with Crippen LogP contribution in [0.2, 0.25) is 0 Å². The molecule has 1 aliphatic rings. The second-order valence-corrected chi connectivity index (χ2v) is 4.31. The van der Waals surface area contributed by atoms with Crippen molar-refractivity contribution >= 4 is 10.4 Å². The van der Waals surface area contributed by atoms with Crippen LogP contribution >= 0.6 is 0 Å². The molecule has 0 aromatic carbocycles. The Hall–Kier alpha value is -0.890. The molecule has 0 fully saturated rings. The van der Waals surface area contributed by atoms with E-state index in [9.17, 15) is 8.42 Å². The van der Waals surface area contributed by atoms with Gasteiger partial charge in [0.2, 0.25) is 0 Å². The largest absolute Gasteiger partial charge is 0.397 e. The summed E-state index contributed by atoms with van der Waals surface area (Å²) < 4.78 is 30.7. The predicted octanol–water partition coefficient (Wildman–Crippen LogP) is 0.580. The maximum atomic E-state index is 9.56. The van der Waals surface area contributed by atoms with Crippen LogP contribution in [0.4, 0.5) is 0 Å². The molecule has 0 saturated carbocycles. The van der Waals surface area contributed by atoms with Gasteiger partial charge in [0, 0.05) is 13.1 Å². The molecule has 1 heterocycles. The highest BCUT2D eigenvalue weighted by Crippen LogP contribution is 2.05. The van der Waals surface area contributed by atoms with E-state index in [-0.39, 0.29) is 13.2 Å². The molecular weight excluding hydrogens is 246 g/mol. The molecule has 2 N–H and O–H groups in total. The Labute approximate surface area is 102 Å². The van der Waals surface area contributed by atoms with Gasteiger partial charge in [0.15, 0.2) is 0 Å². The standard InChI is InChI=1S/C8H13NO.C2H6O4S/c1-2-9-5-3-4-8(6-9)7-10;1-2-6-7(3,4)5/h3-5,10H,2,6-7H2,1H3;2H2,1H3,(H,3,4,5). The molecule has 0 radical (unpaired) electrons. The van der Waals surface area contributed by atoms with Gasteiger partial charge < -0.3 is 10.0 Å². The second kappa shape index (κ2) is 8.24. The highest BCUT2D eigenvalue weighted by atomic mass is 32.3. The van der Waals surface area contributed by atoms with Gasteiger partial charge in [-0.1, -0.05) is 6.08 Å². The Morgan fingerprint density at radius 1 is 1.47 bits per heavy atom. The Morgan fingerprint density at radius 2 is 2.12 bits per heavy atom. The molecule has 0 unspecified atom stereocenters. The number of hydrogen-bond donors (Lipinski definition) is 2. The van der Waals surface area contributed by atoms with Crippen molar-refractivity contribution in [2.24, 2.45) is 0 Å². The average molecular weight is 265 g/mol. The first-order valence-electron chi connectivity index (χ1n) is 5.25. The normalized spacial score (nSPS) is 15.1. The zero-order valence-electron chi connectivity index (χ0n) is 10.0. The molecule has 0 bridgehead atoms. The molecule has 0 aromatic heterocycles. The fraction of sp³-hybridized carbons (Fsp3) is 0.600. The third kappa shape index (κ3) is 8.87. The third-order valence-electron chi connectivity index (χ3n) is 1.91. The minimum Gasteiger partial charge on any atom is -0.392 e. The second-order valence-electron chi connectivity index (χ2n) is 3.22. The average Bonchev–Trinajstić information content (AvgIpc) is 2.28. The van der Waals surface area contributed by atoms with Gasteiger partial charge in [0.05, 0.1) is 13.2 Å². The lowest BCUT2D eigenvalue weighted by Crippen LogP contribution is -2.22. The van der Waals surface area contributed by atoms with Gasteiger partial charge in [-0.15, -0.1) is 0 Å². The summed E-state index contributed by atoms with van der Waals surface area (Å²) in [5.74, 6) is 0. The van der Waals surface area contributed by atoms with Crippen LogP contribution in [0.3, 0.4) is 0 Å². The van der Waals surface area contributed by atoms with E-state index in [0.29, 0.717) is 0 Å². The number of aliphatic hydroxyl groups is 1. The zero-order chi connectivity index (χ0) is 13.3. The van der Waals surface area contributed by atoms with Gasteiger partial charge in [-0.05, 0) is 31.7 Å². The highest BCUT2D eigenvalue weighted by molar-refractivity contribution is 7.80. The molecule has 17 heavy (non-hydrogen) atoms. The van der Waals surface area contributed by atoms with Gasteiger partial charge in [-0.2, -0.15) is 8.42 Å². The molecule has 0 atom stereocenters. The Bertz CT molecular complexity index is 361. The predicted molar refractivity (Wildman–Crippen MR) is 64.7 cm³/mol. The van der Waals surface area contributed by atoms with E-state index >= 15 is 0 Å². The van der Waals surface area contributed by atoms with Crippen LogP contribution in [0.25, 0.3) is 0 Å². The quantitative estimate of drug-likeness (QED) is 0.723. The van der Waals surface area contributed by atoms with Crippen LogP contribution in [-0.4, -0.2) is 49.3 Å². The SMILES string of the molecule is CCN1C=CC=C(CO)C1.CCOS(=O)(=O)O. The lowest BCUT2D eigenvalue weighted by atomic mass is 10.2. The van der Waals surface area contributed by atoms with E-state index in [0.717, 1.165) is 18.7 Å². The van der Waals surface area contributed by atoms with Crippen molar-refractivity contribution in [3.63, 3.8) is 0 Å². The molecular formula is C10H19NO5S. The van der Waals surface area contributed by atoms with Crippen LogP contribution < -0.4 is 0 Å². The summed E-state index contributed by atoms with van der Waals surface area (Å²) in [6.45, 7) is 5.61. The van der Waals surface area contributed by atoms with E-state index in [1.165, 1.54) is 6.92 Å².